The van der Waals surface area contributed by atoms with E-state index in [-0.39, 0.29) is 11.2 Å². The second-order valence-electron chi connectivity index (χ2n) is 9.14. The molecule has 4 rings (SSSR count). The van der Waals surface area contributed by atoms with Crippen molar-refractivity contribution in [1.29, 1.82) is 0 Å². The predicted molar refractivity (Wildman–Crippen MR) is 124 cm³/mol. The molecule has 0 aliphatic carbocycles. The fourth-order valence-corrected chi connectivity index (χ4v) is 4.04. The van der Waals surface area contributed by atoms with Crippen LogP contribution in [-0.2, 0) is 12.5 Å². The van der Waals surface area contributed by atoms with Crippen LogP contribution in [0, 0.1) is 19.7 Å². The van der Waals surface area contributed by atoms with Gasteiger partial charge in [-0.2, -0.15) is 4.57 Å². The third kappa shape index (κ3) is 3.52. The van der Waals surface area contributed by atoms with E-state index in [1.165, 1.54) is 5.56 Å². The summed E-state index contributed by atoms with van der Waals surface area (Å²) in [6, 6.07) is 20.2. The van der Waals surface area contributed by atoms with Gasteiger partial charge in [-0.25, -0.2) is 4.39 Å². The number of benzene rings is 3. The lowest BCUT2D eigenvalue weighted by molar-refractivity contribution is -0.665. The Labute approximate surface area is 180 Å². The molecule has 3 aromatic carbocycles. The maximum absolute atomic E-state index is 14.9. The SMILES string of the molecule is [2H]c1c(C)[n+](C)c(-c2cc(-c3ccccc3)c(F)cc2C)c2ccc(C(C)(C)C)cc12. The first-order chi connectivity index (χ1) is 14.6. The van der Waals surface area contributed by atoms with E-state index in [0.717, 1.165) is 38.9 Å². The molecule has 152 valence electrons. The van der Waals surface area contributed by atoms with Gasteiger partial charge in [0.25, 0.3) is 0 Å². The summed E-state index contributed by atoms with van der Waals surface area (Å²) < 4.78 is 25.8. The molecule has 0 aliphatic heterocycles. The standard InChI is InChI=1S/C28H29FN/c1-18-14-26(29)25(20-10-8-7-9-11-20)17-24(18)27-23-13-12-22(28(3,4)5)16-21(23)15-19(2)30(27)6/h7-17H,1-6H3/q+1/i15D. The fraction of sp³-hybridized carbons (Fsp3) is 0.250. The lowest BCUT2D eigenvalue weighted by Gasteiger charge is -2.20. The molecule has 4 aromatic rings. The van der Waals surface area contributed by atoms with Gasteiger partial charge in [0.15, 0.2) is 5.69 Å². The van der Waals surface area contributed by atoms with Gasteiger partial charge >= 0.3 is 0 Å². The molecule has 0 spiro atoms. The summed E-state index contributed by atoms with van der Waals surface area (Å²) in [4.78, 5) is 0. The average molecular weight is 400 g/mol. The summed E-state index contributed by atoms with van der Waals surface area (Å²) in [5, 5.41) is 1.95. The van der Waals surface area contributed by atoms with Gasteiger partial charge in [-0.15, -0.1) is 0 Å². The molecule has 0 N–H and O–H groups in total. The quantitative estimate of drug-likeness (QED) is 0.318. The van der Waals surface area contributed by atoms with Crippen molar-refractivity contribution in [3.63, 3.8) is 0 Å². The van der Waals surface area contributed by atoms with Crippen molar-refractivity contribution in [3.05, 3.63) is 89.3 Å². The van der Waals surface area contributed by atoms with Crippen LogP contribution in [-0.4, -0.2) is 0 Å². The van der Waals surface area contributed by atoms with E-state index in [1.807, 2.05) is 57.3 Å². The highest BCUT2D eigenvalue weighted by Crippen LogP contribution is 2.35. The van der Waals surface area contributed by atoms with Gasteiger partial charge in [-0.05, 0) is 52.6 Å². The minimum atomic E-state index is -0.219. The molecule has 30 heavy (non-hydrogen) atoms. The second-order valence-corrected chi connectivity index (χ2v) is 9.14. The summed E-state index contributed by atoms with van der Waals surface area (Å²) >= 11 is 0. The van der Waals surface area contributed by atoms with Crippen molar-refractivity contribution in [2.75, 3.05) is 0 Å². The van der Waals surface area contributed by atoms with E-state index in [9.17, 15) is 4.39 Å². The number of halogens is 1. The topological polar surface area (TPSA) is 3.88 Å². The molecule has 1 aromatic heterocycles. The third-order valence-corrected chi connectivity index (χ3v) is 5.95. The van der Waals surface area contributed by atoms with Crippen LogP contribution in [0.15, 0.2) is 66.7 Å². The molecule has 1 nitrogen and oxygen atoms in total. The zero-order valence-corrected chi connectivity index (χ0v) is 18.6. The Morgan fingerprint density at radius 3 is 2.27 bits per heavy atom. The summed E-state index contributed by atoms with van der Waals surface area (Å²) in [7, 11) is 1.99. The Kier molecular flexibility index (Phi) is 4.66. The first kappa shape index (κ1) is 19.0. The van der Waals surface area contributed by atoms with Gasteiger partial charge in [-0.1, -0.05) is 63.2 Å². The lowest BCUT2D eigenvalue weighted by atomic mass is 9.85. The van der Waals surface area contributed by atoms with Crippen molar-refractivity contribution < 1.29 is 10.3 Å². The maximum Gasteiger partial charge on any atom is 0.220 e. The van der Waals surface area contributed by atoms with Gasteiger partial charge in [0.2, 0.25) is 5.69 Å². The first-order valence-corrected chi connectivity index (χ1v) is 10.4. The number of aromatic nitrogens is 1. The van der Waals surface area contributed by atoms with E-state index in [1.54, 1.807) is 6.07 Å². The Morgan fingerprint density at radius 2 is 1.60 bits per heavy atom. The lowest BCUT2D eigenvalue weighted by Crippen LogP contribution is -2.35. The summed E-state index contributed by atoms with van der Waals surface area (Å²) in [6.07, 6.45) is 0. The van der Waals surface area contributed by atoms with Crippen molar-refractivity contribution in [2.24, 2.45) is 7.05 Å². The van der Waals surface area contributed by atoms with Crippen LogP contribution in [0.3, 0.4) is 0 Å². The molecule has 0 unspecified atom stereocenters. The molecule has 0 fully saturated rings. The van der Waals surface area contributed by atoms with E-state index in [4.69, 9.17) is 1.37 Å². The van der Waals surface area contributed by atoms with E-state index >= 15 is 0 Å². The number of hydrogen-bond acceptors (Lipinski definition) is 0. The monoisotopic (exact) mass is 399 g/mol. The molecule has 0 saturated heterocycles. The van der Waals surface area contributed by atoms with Crippen molar-refractivity contribution in [3.8, 4) is 22.4 Å². The molecule has 0 atom stereocenters. The third-order valence-electron chi connectivity index (χ3n) is 5.95. The minimum Gasteiger partial charge on any atom is -0.206 e. The highest BCUT2D eigenvalue weighted by atomic mass is 19.1. The fourth-order valence-electron chi connectivity index (χ4n) is 4.04. The number of rotatable bonds is 2. The molecular weight excluding hydrogens is 369 g/mol. The van der Waals surface area contributed by atoms with Crippen LogP contribution in [0.1, 0.15) is 39.0 Å². The van der Waals surface area contributed by atoms with Gasteiger partial charge in [-0.3, -0.25) is 0 Å². The number of nitrogens with zero attached hydrogens (tertiary/aromatic N) is 1. The van der Waals surface area contributed by atoms with E-state index in [2.05, 4.69) is 43.5 Å². The number of hydrogen-bond donors (Lipinski definition) is 0. The first-order valence-electron chi connectivity index (χ1n) is 10.9. The summed E-state index contributed by atoms with van der Waals surface area (Å²) in [5.41, 5.74) is 6.42. The van der Waals surface area contributed by atoms with Gasteiger partial charge in [0.1, 0.15) is 12.9 Å². The average Bonchev–Trinajstić information content (AvgIpc) is 2.73. The second kappa shape index (κ2) is 7.36. The van der Waals surface area contributed by atoms with Gasteiger partial charge in [0, 0.05) is 18.5 Å². The van der Waals surface area contributed by atoms with Crippen LogP contribution in [0.4, 0.5) is 4.39 Å². The van der Waals surface area contributed by atoms with Crippen LogP contribution >= 0.6 is 0 Å². The van der Waals surface area contributed by atoms with Crippen LogP contribution in [0.25, 0.3) is 33.2 Å². The normalized spacial score (nSPS) is 12.3. The molecular formula is C28H29FN+. The molecule has 2 heteroatoms. The molecule has 0 bridgehead atoms. The zero-order chi connectivity index (χ0) is 22.5. The molecule has 0 amide bonds. The molecule has 1 heterocycles. The van der Waals surface area contributed by atoms with Crippen molar-refractivity contribution in [2.45, 2.75) is 40.0 Å². The van der Waals surface area contributed by atoms with E-state index in [0.29, 0.717) is 11.6 Å². The van der Waals surface area contributed by atoms with Crippen LogP contribution in [0.2, 0.25) is 0 Å². The Balaban J connectivity index is 2.07. The smallest absolute Gasteiger partial charge is 0.206 e. The Hall–Kier alpha value is -3.00. The largest absolute Gasteiger partial charge is 0.220 e. The molecule has 0 saturated carbocycles. The van der Waals surface area contributed by atoms with E-state index < -0.39 is 0 Å². The number of aryl methyl sites for hydroxylation is 1. The summed E-state index contributed by atoms with van der Waals surface area (Å²) in [6.45, 7) is 10.5. The highest BCUT2D eigenvalue weighted by Gasteiger charge is 2.23. The Bertz CT molecular complexity index is 1300. The van der Waals surface area contributed by atoms with Crippen LogP contribution < -0.4 is 4.57 Å². The zero-order valence-electron chi connectivity index (χ0n) is 19.6. The molecule has 0 radical (unpaired) electrons. The number of fused-ring (bicyclic) bond motifs is 1. The molecule has 0 aliphatic rings. The van der Waals surface area contributed by atoms with Gasteiger partial charge in [0.05, 0.1) is 12.3 Å². The van der Waals surface area contributed by atoms with Crippen molar-refractivity contribution in [1.82, 2.24) is 0 Å². The summed E-state index contributed by atoms with van der Waals surface area (Å²) in [5.74, 6) is -0.219. The predicted octanol–water partition coefficient (Wildman–Crippen LogP) is 7.05. The number of pyridine rings is 1. The van der Waals surface area contributed by atoms with Crippen LogP contribution in [0.5, 0.6) is 0 Å². The van der Waals surface area contributed by atoms with Gasteiger partial charge < -0.3 is 0 Å². The highest BCUT2D eigenvalue weighted by molar-refractivity contribution is 5.95. The minimum absolute atomic E-state index is 0.000994. The maximum atomic E-state index is 14.9. The van der Waals surface area contributed by atoms with Crippen molar-refractivity contribution >= 4 is 10.8 Å². The Morgan fingerprint density at radius 1 is 0.900 bits per heavy atom.